The lowest BCUT2D eigenvalue weighted by molar-refractivity contribution is 0.392. The largest absolute Gasteiger partial charge is 0.497 e. The van der Waals surface area contributed by atoms with Crippen molar-refractivity contribution >= 4 is 20.0 Å². The molecule has 154 valence electrons. The zero-order valence-corrected chi connectivity index (χ0v) is 17.8. The second-order valence-electron chi connectivity index (χ2n) is 6.48. The molecule has 3 rings (SSSR count). The van der Waals surface area contributed by atoms with E-state index in [0.717, 1.165) is 16.9 Å². The Bertz CT molecular complexity index is 1100. The van der Waals surface area contributed by atoms with Crippen LogP contribution in [0.4, 0.5) is 0 Å². The summed E-state index contributed by atoms with van der Waals surface area (Å²) in [5.41, 5.74) is 0.170. The SMILES string of the molecule is COc1ccc(OC)c(S(=O)(=O)n2nc(C)c(S(=O)(=O)N3CCCC3)c2C)c1. The lowest BCUT2D eigenvalue weighted by Gasteiger charge is -2.16. The lowest BCUT2D eigenvalue weighted by Crippen LogP contribution is -2.29. The number of aromatic nitrogens is 2. The van der Waals surface area contributed by atoms with Crippen LogP contribution < -0.4 is 9.47 Å². The van der Waals surface area contributed by atoms with Crippen LogP contribution in [-0.2, 0) is 20.0 Å². The predicted octanol–water partition coefficient (Wildman–Crippen LogP) is 1.54. The van der Waals surface area contributed by atoms with Gasteiger partial charge in [0, 0.05) is 19.2 Å². The van der Waals surface area contributed by atoms with E-state index in [1.807, 2.05) is 0 Å². The molecule has 0 N–H and O–H groups in total. The number of methoxy groups -OCH3 is 2. The van der Waals surface area contributed by atoms with Crippen molar-refractivity contribution in [3.63, 3.8) is 0 Å². The van der Waals surface area contributed by atoms with Crippen molar-refractivity contribution in [3.8, 4) is 11.5 Å². The molecule has 2 aromatic rings. The van der Waals surface area contributed by atoms with Crippen molar-refractivity contribution in [2.75, 3.05) is 27.3 Å². The average Bonchev–Trinajstić information content (AvgIpc) is 3.30. The van der Waals surface area contributed by atoms with E-state index in [-0.39, 0.29) is 26.9 Å². The molecule has 0 aliphatic carbocycles. The van der Waals surface area contributed by atoms with E-state index < -0.39 is 20.0 Å². The zero-order valence-electron chi connectivity index (χ0n) is 16.2. The van der Waals surface area contributed by atoms with Gasteiger partial charge in [-0.15, -0.1) is 0 Å². The fraction of sp³-hybridized carbons (Fsp3) is 0.471. The van der Waals surface area contributed by atoms with Gasteiger partial charge in [0.25, 0.3) is 10.0 Å². The number of nitrogens with zero attached hydrogens (tertiary/aromatic N) is 3. The molecule has 2 heterocycles. The Labute approximate surface area is 165 Å². The van der Waals surface area contributed by atoms with E-state index in [9.17, 15) is 16.8 Å². The minimum atomic E-state index is -4.21. The van der Waals surface area contributed by atoms with Gasteiger partial charge in [0.1, 0.15) is 21.3 Å². The van der Waals surface area contributed by atoms with Gasteiger partial charge in [-0.3, -0.25) is 0 Å². The van der Waals surface area contributed by atoms with Crippen molar-refractivity contribution in [1.29, 1.82) is 0 Å². The van der Waals surface area contributed by atoms with Crippen molar-refractivity contribution in [3.05, 3.63) is 29.6 Å². The Morgan fingerprint density at radius 1 is 0.964 bits per heavy atom. The third-order valence-corrected chi connectivity index (χ3v) is 8.56. The molecule has 1 fully saturated rings. The fourth-order valence-corrected chi connectivity index (χ4v) is 6.82. The fourth-order valence-electron chi connectivity index (χ4n) is 3.35. The quantitative estimate of drug-likeness (QED) is 0.685. The first-order valence-corrected chi connectivity index (χ1v) is 11.6. The number of ether oxygens (including phenoxy) is 2. The maximum absolute atomic E-state index is 13.3. The molecule has 11 heteroatoms. The van der Waals surface area contributed by atoms with Crippen LogP contribution in [0.3, 0.4) is 0 Å². The average molecular weight is 430 g/mol. The van der Waals surface area contributed by atoms with Gasteiger partial charge in [-0.1, -0.05) is 0 Å². The number of hydrogen-bond acceptors (Lipinski definition) is 7. The second-order valence-corrected chi connectivity index (χ2v) is 10.1. The van der Waals surface area contributed by atoms with Crippen LogP contribution in [0, 0.1) is 13.8 Å². The Kier molecular flexibility index (Phi) is 5.43. The summed E-state index contributed by atoms with van der Waals surface area (Å²) in [6.45, 7) is 3.77. The highest BCUT2D eigenvalue weighted by atomic mass is 32.2. The predicted molar refractivity (Wildman–Crippen MR) is 102 cm³/mol. The molecule has 0 amide bonds. The summed E-state index contributed by atoms with van der Waals surface area (Å²) < 4.78 is 65.0. The second kappa shape index (κ2) is 7.37. The highest BCUT2D eigenvalue weighted by Gasteiger charge is 2.35. The molecule has 1 aromatic carbocycles. The van der Waals surface area contributed by atoms with Crippen LogP contribution in [0.15, 0.2) is 28.0 Å². The van der Waals surface area contributed by atoms with Gasteiger partial charge in [0.2, 0.25) is 10.0 Å². The summed E-state index contributed by atoms with van der Waals surface area (Å²) in [6, 6.07) is 4.36. The molecule has 0 radical (unpaired) electrons. The maximum atomic E-state index is 13.3. The monoisotopic (exact) mass is 429 g/mol. The lowest BCUT2D eigenvalue weighted by atomic mass is 10.3. The van der Waals surface area contributed by atoms with Crippen LogP contribution in [-0.4, -0.2) is 57.6 Å². The molecule has 28 heavy (non-hydrogen) atoms. The molecule has 0 atom stereocenters. The Hall–Kier alpha value is -2.11. The van der Waals surface area contributed by atoms with E-state index >= 15 is 0 Å². The molecule has 1 aliphatic heterocycles. The summed E-state index contributed by atoms with van der Waals surface area (Å²) in [4.78, 5) is -0.232. The first-order valence-electron chi connectivity index (χ1n) is 8.68. The Balaban J connectivity index is 2.18. The third-order valence-electron chi connectivity index (χ3n) is 4.72. The highest BCUT2D eigenvalue weighted by Crippen LogP contribution is 2.33. The molecule has 1 aromatic heterocycles. The van der Waals surface area contributed by atoms with Gasteiger partial charge in [-0.25, -0.2) is 8.42 Å². The normalized spacial score (nSPS) is 15.7. The van der Waals surface area contributed by atoms with Crippen molar-refractivity contribution < 1.29 is 26.3 Å². The van der Waals surface area contributed by atoms with Gasteiger partial charge >= 0.3 is 0 Å². The van der Waals surface area contributed by atoms with Crippen LogP contribution in [0.5, 0.6) is 11.5 Å². The summed E-state index contributed by atoms with van der Waals surface area (Å²) in [6.07, 6.45) is 1.57. The van der Waals surface area contributed by atoms with E-state index in [1.54, 1.807) is 6.07 Å². The minimum Gasteiger partial charge on any atom is -0.497 e. The van der Waals surface area contributed by atoms with Gasteiger partial charge in [0.05, 0.1) is 25.6 Å². The standard InChI is InChI=1S/C17H23N3O6S2/c1-12-17(28(23,24)19-9-5-6-10-19)13(2)20(18-12)27(21,22)16-11-14(25-3)7-8-15(16)26-4/h7-8,11H,5-6,9-10H2,1-4H3. The van der Waals surface area contributed by atoms with Gasteiger partial charge in [-0.2, -0.15) is 21.9 Å². The van der Waals surface area contributed by atoms with E-state index in [2.05, 4.69) is 5.10 Å². The molecule has 0 spiro atoms. The van der Waals surface area contributed by atoms with E-state index in [1.165, 1.54) is 44.5 Å². The molecular formula is C17H23N3O6S2. The molecular weight excluding hydrogens is 406 g/mol. The first-order chi connectivity index (χ1) is 13.1. The van der Waals surface area contributed by atoms with Crippen LogP contribution in [0.1, 0.15) is 24.2 Å². The highest BCUT2D eigenvalue weighted by molar-refractivity contribution is 7.90. The molecule has 9 nitrogen and oxygen atoms in total. The van der Waals surface area contributed by atoms with Gasteiger partial charge in [-0.05, 0) is 38.8 Å². The number of aryl methyl sites for hydroxylation is 1. The maximum Gasteiger partial charge on any atom is 0.287 e. The topological polar surface area (TPSA) is 108 Å². The summed E-state index contributed by atoms with van der Waals surface area (Å²) in [7, 11) is -5.26. The Morgan fingerprint density at radius 2 is 1.61 bits per heavy atom. The van der Waals surface area contributed by atoms with E-state index in [4.69, 9.17) is 9.47 Å². The van der Waals surface area contributed by atoms with Crippen molar-refractivity contribution in [2.24, 2.45) is 0 Å². The summed E-state index contributed by atoms with van der Waals surface area (Å²) in [5.74, 6) is 0.433. The number of rotatable bonds is 6. The van der Waals surface area contributed by atoms with E-state index in [0.29, 0.717) is 18.8 Å². The van der Waals surface area contributed by atoms with Crippen molar-refractivity contribution in [1.82, 2.24) is 13.5 Å². The number of hydrogen-bond donors (Lipinski definition) is 0. The van der Waals surface area contributed by atoms with Gasteiger partial charge in [0.15, 0.2) is 0 Å². The first kappa shape index (κ1) is 20.6. The summed E-state index contributed by atoms with van der Waals surface area (Å²) in [5, 5.41) is 4.05. The number of sulfonamides is 1. The molecule has 1 aliphatic rings. The molecule has 0 saturated carbocycles. The zero-order chi connectivity index (χ0) is 20.7. The third kappa shape index (κ3) is 3.27. The van der Waals surface area contributed by atoms with Crippen LogP contribution >= 0.6 is 0 Å². The summed E-state index contributed by atoms with van der Waals surface area (Å²) >= 11 is 0. The minimum absolute atomic E-state index is 0.0364. The smallest absolute Gasteiger partial charge is 0.287 e. The van der Waals surface area contributed by atoms with Crippen molar-refractivity contribution in [2.45, 2.75) is 36.5 Å². The Morgan fingerprint density at radius 3 is 2.18 bits per heavy atom. The molecule has 1 saturated heterocycles. The van der Waals surface area contributed by atoms with Gasteiger partial charge < -0.3 is 9.47 Å². The molecule has 0 unspecified atom stereocenters. The van der Waals surface area contributed by atoms with Crippen LogP contribution in [0.25, 0.3) is 0 Å². The number of benzene rings is 1. The van der Waals surface area contributed by atoms with Crippen LogP contribution in [0.2, 0.25) is 0 Å². The molecule has 0 bridgehead atoms.